The molecule has 0 bridgehead atoms. The Hall–Kier alpha value is -2.00. The lowest BCUT2D eigenvalue weighted by Gasteiger charge is -2.14. The fourth-order valence-corrected chi connectivity index (χ4v) is 2.28. The summed E-state index contributed by atoms with van der Waals surface area (Å²) in [4.78, 5) is 0. The van der Waals surface area contributed by atoms with Gasteiger partial charge < -0.3 is 10.2 Å². The van der Waals surface area contributed by atoms with Crippen molar-refractivity contribution in [3.05, 3.63) is 59.7 Å². The molecular formula is C19H26N2O. The van der Waals surface area contributed by atoms with Gasteiger partial charge >= 0.3 is 0 Å². The number of hydrazine groups is 1. The molecule has 2 N–H and O–H groups in total. The fourth-order valence-electron chi connectivity index (χ4n) is 2.28. The van der Waals surface area contributed by atoms with E-state index in [4.69, 9.17) is 4.74 Å². The fraction of sp³-hybridized carbons (Fsp3) is 0.368. The van der Waals surface area contributed by atoms with Crippen molar-refractivity contribution in [1.82, 2.24) is 5.43 Å². The molecule has 0 aliphatic carbocycles. The second-order valence-corrected chi connectivity index (χ2v) is 5.51. The van der Waals surface area contributed by atoms with Crippen molar-refractivity contribution in [1.29, 1.82) is 0 Å². The monoisotopic (exact) mass is 298 g/mol. The van der Waals surface area contributed by atoms with Crippen molar-refractivity contribution in [2.75, 3.05) is 12.0 Å². The molecule has 0 atom stereocenters. The quantitative estimate of drug-likeness (QED) is 0.521. The maximum atomic E-state index is 5.93. The maximum absolute atomic E-state index is 5.93. The van der Waals surface area contributed by atoms with E-state index in [0.717, 1.165) is 31.0 Å². The first kappa shape index (κ1) is 16.4. The zero-order valence-corrected chi connectivity index (χ0v) is 13.6. The van der Waals surface area contributed by atoms with Gasteiger partial charge in [-0.25, -0.2) is 5.43 Å². The zero-order valence-electron chi connectivity index (χ0n) is 13.6. The summed E-state index contributed by atoms with van der Waals surface area (Å²) in [7, 11) is 0. The Labute approximate surface area is 133 Å². The van der Waals surface area contributed by atoms with E-state index in [-0.39, 0.29) is 0 Å². The molecule has 2 aromatic rings. The largest absolute Gasteiger partial charge is 0.493 e. The number of aryl methyl sites for hydroxylation is 1. The molecule has 0 saturated heterocycles. The predicted molar refractivity (Wildman–Crippen MR) is 93.1 cm³/mol. The summed E-state index contributed by atoms with van der Waals surface area (Å²) in [5.41, 5.74) is 9.95. The van der Waals surface area contributed by atoms with Gasteiger partial charge in [0.15, 0.2) is 0 Å². The van der Waals surface area contributed by atoms with Crippen LogP contribution in [0.4, 0.5) is 5.69 Å². The van der Waals surface area contributed by atoms with Crippen LogP contribution in [0.25, 0.3) is 0 Å². The van der Waals surface area contributed by atoms with Crippen molar-refractivity contribution in [3.8, 4) is 5.75 Å². The van der Waals surface area contributed by atoms with E-state index in [1.807, 2.05) is 30.3 Å². The number of unbranched alkanes of at least 4 members (excludes halogenated alkanes) is 2. The SMILES string of the molecule is CCCCCOc1ccc(C)cc1CNNc1ccccc1. The number of nitrogens with one attached hydrogen (secondary N) is 2. The number of benzene rings is 2. The molecule has 0 radical (unpaired) electrons. The first-order chi connectivity index (χ1) is 10.8. The van der Waals surface area contributed by atoms with E-state index in [1.54, 1.807) is 0 Å². The molecular weight excluding hydrogens is 272 g/mol. The average Bonchev–Trinajstić information content (AvgIpc) is 2.54. The van der Waals surface area contributed by atoms with E-state index in [1.165, 1.54) is 24.0 Å². The Balaban J connectivity index is 1.89. The minimum absolute atomic E-state index is 0.722. The van der Waals surface area contributed by atoms with Crippen LogP contribution in [0, 0.1) is 6.92 Å². The summed E-state index contributed by atoms with van der Waals surface area (Å²) < 4.78 is 5.93. The van der Waals surface area contributed by atoms with Gasteiger partial charge in [-0.15, -0.1) is 0 Å². The van der Waals surface area contributed by atoms with Gasteiger partial charge in [0, 0.05) is 17.8 Å². The van der Waals surface area contributed by atoms with Crippen molar-refractivity contribution in [3.63, 3.8) is 0 Å². The van der Waals surface area contributed by atoms with Gasteiger partial charge in [0.05, 0.1) is 6.61 Å². The highest BCUT2D eigenvalue weighted by atomic mass is 16.5. The molecule has 22 heavy (non-hydrogen) atoms. The number of ether oxygens (including phenoxy) is 1. The van der Waals surface area contributed by atoms with Crippen LogP contribution in [-0.2, 0) is 6.54 Å². The van der Waals surface area contributed by atoms with Crippen molar-refractivity contribution in [2.24, 2.45) is 0 Å². The lowest BCUT2D eigenvalue weighted by atomic mass is 10.1. The standard InChI is InChI=1S/C19H26N2O/c1-3-4-8-13-22-19-12-11-16(2)14-17(19)15-20-21-18-9-6-5-7-10-18/h5-7,9-12,14,20-21H,3-4,8,13,15H2,1-2H3. The van der Waals surface area contributed by atoms with Gasteiger partial charge in [-0.05, 0) is 31.5 Å². The molecule has 118 valence electrons. The molecule has 0 aliphatic heterocycles. The molecule has 2 aromatic carbocycles. The molecule has 0 spiro atoms. The first-order valence-corrected chi connectivity index (χ1v) is 8.06. The van der Waals surface area contributed by atoms with Crippen LogP contribution in [-0.4, -0.2) is 6.61 Å². The van der Waals surface area contributed by atoms with Crippen LogP contribution < -0.4 is 15.6 Å². The van der Waals surface area contributed by atoms with Gasteiger partial charge in [0.1, 0.15) is 5.75 Å². The second kappa shape index (κ2) is 9.11. The molecule has 0 unspecified atom stereocenters. The maximum Gasteiger partial charge on any atom is 0.123 e. The number of rotatable bonds is 9. The Kier molecular flexibility index (Phi) is 6.78. The minimum atomic E-state index is 0.722. The van der Waals surface area contributed by atoms with Crippen molar-refractivity contribution >= 4 is 5.69 Å². The predicted octanol–water partition coefficient (Wildman–Crippen LogP) is 4.68. The van der Waals surface area contributed by atoms with Crippen LogP contribution in [0.15, 0.2) is 48.5 Å². The zero-order chi connectivity index (χ0) is 15.6. The number of anilines is 1. The third-order valence-corrected chi connectivity index (χ3v) is 3.51. The summed E-state index contributed by atoms with van der Waals surface area (Å²) in [6.45, 7) is 5.82. The van der Waals surface area contributed by atoms with Crippen molar-refractivity contribution < 1.29 is 4.74 Å². The van der Waals surface area contributed by atoms with Gasteiger partial charge in [-0.3, -0.25) is 0 Å². The summed E-state index contributed by atoms with van der Waals surface area (Å²) in [6, 6.07) is 16.4. The molecule has 0 heterocycles. The Bertz CT molecular complexity index is 555. The Morgan fingerprint density at radius 2 is 1.82 bits per heavy atom. The smallest absolute Gasteiger partial charge is 0.123 e. The van der Waals surface area contributed by atoms with E-state index < -0.39 is 0 Å². The highest BCUT2D eigenvalue weighted by molar-refractivity contribution is 5.42. The summed E-state index contributed by atoms with van der Waals surface area (Å²) in [6.07, 6.45) is 3.54. The average molecular weight is 298 g/mol. The molecule has 0 fully saturated rings. The highest BCUT2D eigenvalue weighted by Gasteiger charge is 2.04. The van der Waals surface area contributed by atoms with Crippen LogP contribution in [0.1, 0.15) is 37.3 Å². The van der Waals surface area contributed by atoms with Crippen molar-refractivity contribution in [2.45, 2.75) is 39.7 Å². The number of hydrogen-bond acceptors (Lipinski definition) is 3. The summed E-state index contributed by atoms with van der Waals surface area (Å²) in [5.74, 6) is 0.976. The molecule has 0 aromatic heterocycles. The molecule has 3 heteroatoms. The molecule has 0 saturated carbocycles. The van der Waals surface area contributed by atoms with Crippen LogP contribution in [0.2, 0.25) is 0 Å². The van der Waals surface area contributed by atoms with Gasteiger partial charge in [0.2, 0.25) is 0 Å². The number of para-hydroxylation sites is 1. The van der Waals surface area contributed by atoms with E-state index >= 15 is 0 Å². The lowest BCUT2D eigenvalue weighted by molar-refractivity contribution is 0.302. The molecule has 3 nitrogen and oxygen atoms in total. The van der Waals surface area contributed by atoms with E-state index in [2.05, 4.69) is 42.9 Å². The topological polar surface area (TPSA) is 33.3 Å². The Morgan fingerprint density at radius 1 is 1.00 bits per heavy atom. The minimum Gasteiger partial charge on any atom is -0.493 e. The third-order valence-electron chi connectivity index (χ3n) is 3.51. The highest BCUT2D eigenvalue weighted by Crippen LogP contribution is 2.20. The van der Waals surface area contributed by atoms with E-state index in [9.17, 15) is 0 Å². The normalized spacial score (nSPS) is 10.5. The number of hydrogen-bond donors (Lipinski definition) is 2. The lowest BCUT2D eigenvalue weighted by Crippen LogP contribution is -2.21. The van der Waals surface area contributed by atoms with Crippen LogP contribution in [0.5, 0.6) is 5.75 Å². The summed E-state index contributed by atoms with van der Waals surface area (Å²) in [5, 5.41) is 0. The Morgan fingerprint density at radius 3 is 2.59 bits per heavy atom. The van der Waals surface area contributed by atoms with E-state index in [0.29, 0.717) is 0 Å². The van der Waals surface area contributed by atoms with Crippen LogP contribution >= 0.6 is 0 Å². The van der Waals surface area contributed by atoms with Gasteiger partial charge in [0.25, 0.3) is 0 Å². The summed E-state index contributed by atoms with van der Waals surface area (Å²) >= 11 is 0. The van der Waals surface area contributed by atoms with Gasteiger partial charge in [-0.2, -0.15) is 0 Å². The molecule has 0 amide bonds. The van der Waals surface area contributed by atoms with Crippen LogP contribution in [0.3, 0.4) is 0 Å². The molecule has 2 rings (SSSR count). The third kappa shape index (κ3) is 5.41. The van der Waals surface area contributed by atoms with Gasteiger partial charge in [-0.1, -0.05) is 55.7 Å². The molecule has 0 aliphatic rings. The first-order valence-electron chi connectivity index (χ1n) is 8.06. The second-order valence-electron chi connectivity index (χ2n) is 5.51.